The molecule has 2 rings (SSSR count). The van der Waals surface area contributed by atoms with Crippen LogP contribution in [0.2, 0.25) is 0 Å². The number of aromatic nitrogens is 1. The van der Waals surface area contributed by atoms with Crippen LogP contribution in [0.15, 0.2) is 6.20 Å². The average molecular weight is 290 g/mol. The molecule has 1 saturated carbocycles. The largest absolute Gasteiger partial charge is 0.496 e. The summed E-state index contributed by atoms with van der Waals surface area (Å²) in [6.07, 6.45) is 7.09. The Hall–Kier alpha value is -1.09. The molecule has 2 unspecified atom stereocenters. The SMILES string of the molecule is COc1c(C)cnc(CC2CCCC2CNC(C)C)c1C. The van der Waals surface area contributed by atoms with Crippen molar-refractivity contribution in [2.24, 2.45) is 11.8 Å². The quantitative estimate of drug-likeness (QED) is 0.868. The van der Waals surface area contributed by atoms with Crippen molar-refractivity contribution in [1.29, 1.82) is 0 Å². The molecule has 21 heavy (non-hydrogen) atoms. The van der Waals surface area contributed by atoms with Crippen LogP contribution in [0.1, 0.15) is 49.9 Å². The number of pyridine rings is 1. The first-order valence-corrected chi connectivity index (χ1v) is 8.25. The van der Waals surface area contributed by atoms with Crippen molar-refractivity contribution < 1.29 is 4.74 Å². The fraction of sp³-hybridized carbons (Fsp3) is 0.722. The maximum absolute atomic E-state index is 5.53. The Balaban J connectivity index is 2.07. The van der Waals surface area contributed by atoms with Gasteiger partial charge in [0, 0.05) is 29.1 Å². The number of methoxy groups -OCH3 is 1. The Kier molecular flexibility index (Phi) is 5.63. The van der Waals surface area contributed by atoms with Gasteiger partial charge in [-0.2, -0.15) is 0 Å². The van der Waals surface area contributed by atoms with E-state index < -0.39 is 0 Å². The summed E-state index contributed by atoms with van der Waals surface area (Å²) in [6, 6.07) is 0.575. The smallest absolute Gasteiger partial charge is 0.128 e. The molecule has 1 heterocycles. The van der Waals surface area contributed by atoms with Gasteiger partial charge in [0.05, 0.1) is 7.11 Å². The molecule has 0 bridgehead atoms. The molecular formula is C18H30N2O. The van der Waals surface area contributed by atoms with E-state index in [1.807, 2.05) is 6.20 Å². The molecule has 1 fully saturated rings. The number of rotatable bonds is 6. The Morgan fingerprint density at radius 2 is 2.00 bits per heavy atom. The zero-order valence-electron chi connectivity index (χ0n) is 14.2. The van der Waals surface area contributed by atoms with Gasteiger partial charge in [-0.3, -0.25) is 4.98 Å². The summed E-state index contributed by atoms with van der Waals surface area (Å²) in [5.74, 6) is 2.56. The molecule has 0 aromatic carbocycles. The topological polar surface area (TPSA) is 34.1 Å². The third-order valence-electron chi connectivity index (χ3n) is 4.81. The minimum absolute atomic E-state index is 0.575. The van der Waals surface area contributed by atoms with Crippen LogP contribution < -0.4 is 10.1 Å². The van der Waals surface area contributed by atoms with Gasteiger partial charge in [0.1, 0.15) is 5.75 Å². The van der Waals surface area contributed by atoms with Gasteiger partial charge in [0.15, 0.2) is 0 Å². The summed E-state index contributed by atoms with van der Waals surface area (Å²) in [4.78, 5) is 4.68. The van der Waals surface area contributed by atoms with Crippen molar-refractivity contribution in [2.75, 3.05) is 13.7 Å². The van der Waals surface area contributed by atoms with E-state index in [-0.39, 0.29) is 0 Å². The standard InChI is InChI=1S/C18H30N2O/c1-12(2)19-11-16-8-6-7-15(16)9-17-14(4)18(21-5)13(3)10-20-17/h10,12,15-16,19H,6-9,11H2,1-5H3. The minimum Gasteiger partial charge on any atom is -0.496 e. The highest BCUT2D eigenvalue weighted by molar-refractivity contribution is 5.41. The van der Waals surface area contributed by atoms with Gasteiger partial charge in [-0.05, 0) is 51.5 Å². The van der Waals surface area contributed by atoms with E-state index >= 15 is 0 Å². The molecular weight excluding hydrogens is 260 g/mol. The molecule has 3 heteroatoms. The van der Waals surface area contributed by atoms with E-state index in [9.17, 15) is 0 Å². The van der Waals surface area contributed by atoms with Crippen molar-refractivity contribution in [3.8, 4) is 5.75 Å². The summed E-state index contributed by atoms with van der Waals surface area (Å²) in [5, 5.41) is 3.60. The molecule has 3 nitrogen and oxygen atoms in total. The molecule has 0 saturated heterocycles. The van der Waals surface area contributed by atoms with Crippen LogP contribution in [0.5, 0.6) is 5.75 Å². The Bertz CT molecular complexity index is 471. The Labute approximate surface area is 129 Å². The third-order valence-corrected chi connectivity index (χ3v) is 4.81. The number of nitrogens with one attached hydrogen (secondary N) is 1. The molecule has 0 amide bonds. The molecule has 1 aromatic rings. The van der Waals surface area contributed by atoms with Crippen LogP contribution in [-0.2, 0) is 6.42 Å². The van der Waals surface area contributed by atoms with E-state index in [0.717, 1.165) is 36.1 Å². The second-order valence-electron chi connectivity index (χ2n) is 6.76. The predicted octanol–water partition coefficient (Wildman–Crippen LogP) is 3.66. The molecule has 0 aliphatic heterocycles. The fourth-order valence-corrected chi connectivity index (χ4v) is 3.56. The molecule has 118 valence electrons. The predicted molar refractivity (Wildman–Crippen MR) is 87.9 cm³/mol. The zero-order chi connectivity index (χ0) is 15.4. The Morgan fingerprint density at radius 3 is 2.67 bits per heavy atom. The molecule has 1 N–H and O–H groups in total. The minimum atomic E-state index is 0.575. The van der Waals surface area contributed by atoms with Gasteiger partial charge in [-0.15, -0.1) is 0 Å². The fourth-order valence-electron chi connectivity index (χ4n) is 3.56. The molecule has 0 spiro atoms. The van der Waals surface area contributed by atoms with Crippen molar-refractivity contribution >= 4 is 0 Å². The number of hydrogen-bond acceptors (Lipinski definition) is 3. The first-order valence-electron chi connectivity index (χ1n) is 8.25. The van der Waals surface area contributed by atoms with E-state index in [1.54, 1.807) is 7.11 Å². The van der Waals surface area contributed by atoms with Crippen LogP contribution in [-0.4, -0.2) is 24.7 Å². The highest BCUT2D eigenvalue weighted by atomic mass is 16.5. The first-order chi connectivity index (χ1) is 10.0. The first kappa shape index (κ1) is 16.3. The summed E-state index contributed by atoms with van der Waals surface area (Å²) in [7, 11) is 1.75. The number of aryl methyl sites for hydroxylation is 1. The van der Waals surface area contributed by atoms with Gasteiger partial charge >= 0.3 is 0 Å². The lowest BCUT2D eigenvalue weighted by atomic mass is 9.89. The Morgan fingerprint density at radius 1 is 1.29 bits per heavy atom. The lowest BCUT2D eigenvalue weighted by Crippen LogP contribution is -2.31. The van der Waals surface area contributed by atoms with Crippen molar-refractivity contribution in [1.82, 2.24) is 10.3 Å². The van der Waals surface area contributed by atoms with E-state index in [2.05, 4.69) is 38.0 Å². The molecule has 2 atom stereocenters. The maximum Gasteiger partial charge on any atom is 0.128 e. The number of hydrogen-bond donors (Lipinski definition) is 1. The lowest BCUT2D eigenvalue weighted by molar-refractivity contribution is 0.350. The summed E-state index contributed by atoms with van der Waals surface area (Å²) >= 11 is 0. The van der Waals surface area contributed by atoms with Crippen LogP contribution in [0, 0.1) is 25.7 Å². The average Bonchev–Trinajstić information content (AvgIpc) is 2.87. The van der Waals surface area contributed by atoms with Crippen LogP contribution in [0.4, 0.5) is 0 Å². The highest BCUT2D eigenvalue weighted by Crippen LogP contribution is 2.35. The molecule has 1 aliphatic rings. The second kappa shape index (κ2) is 7.26. The number of nitrogens with zero attached hydrogens (tertiary/aromatic N) is 1. The number of ether oxygens (including phenoxy) is 1. The van der Waals surface area contributed by atoms with E-state index in [4.69, 9.17) is 4.74 Å². The van der Waals surface area contributed by atoms with Gasteiger partial charge in [-0.25, -0.2) is 0 Å². The normalized spacial score (nSPS) is 22.0. The monoisotopic (exact) mass is 290 g/mol. The van der Waals surface area contributed by atoms with E-state index in [0.29, 0.717) is 6.04 Å². The van der Waals surface area contributed by atoms with Crippen LogP contribution >= 0.6 is 0 Å². The molecule has 0 radical (unpaired) electrons. The lowest BCUT2D eigenvalue weighted by Gasteiger charge is -2.22. The van der Waals surface area contributed by atoms with Crippen molar-refractivity contribution in [2.45, 2.75) is 59.4 Å². The van der Waals surface area contributed by atoms with Crippen LogP contribution in [0.25, 0.3) is 0 Å². The van der Waals surface area contributed by atoms with Crippen molar-refractivity contribution in [3.63, 3.8) is 0 Å². The summed E-state index contributed by atoms with van der Waals surface area (Å²) in [5.41, 5.74) is 3.57. The van der Waals surface area contributed by atoms with Gasteiger partial charge < -0.3 is 10.1 Å². The van der Waals surface area contributed by atoms with Crippen molar-refractivity contribution in [3.05, 3.63) is 23.0 Å². The van der Waals surface area contributed by atoms with Crippen LogP contribution in [0.3, 0.4) is 0 Å². The van der Waals surface area contributed by atoms with Gasteiger partial charge in [-0.1, -0.05) is 20.3 Å². The molecule has 1 aliphatic carbocycles. The van der Waals surface area contributed by atoms with Gasteiger partial charge in [0.2, 0.25) is 0 Å². The molecule has 1 aromatic heterocycles. The van der Waals surface area contributed by atoms with E-state index in [1.165, 1.54) is 30.5 Å². The second-order valence-corrected chi connectivity index (χ2v) is 6.76. The highest BCUT2D eigenvalue weighted by Gasteiger charge is 2.28. The third kappa shape index (κ3) is 3.97. The van der Waals surface area contributed by atoms with Gasteiger partial charge in [0.25, 0.3) is 0 Å². The summed E-state index contributed by atoms with van der Waals surface area (Å²) in [6.45, 7) is 9.80. The zero-order valence-corrected chi connectivity index (χ0v) is 14.2. The summed E-state index contributed by atoms with van der Waals surface area (Å²) < 4.78 is 5.53. The maximum atomic E-state index is 5.53.